The van der Waals surface area contributed by atoms with Crippen LogP contribution in [-0.4, -0.2) is 47.0 Å². The number of aliphatic carboxylic acids is 1. The van der Waals surface area contributed by atoms with Crippen LogP contribution in [-0.2, 0) is 14.3 Å². The van der Waals surface area contributed by atoms with Crippen LogP contribution in [0.5, 0.6) is 0 Å². The first-order valence-electron chi connectivity index (χ1n) is 10.9. The van der Waals surface area contributed by atoms with Gasteiger partial charge in [0.2, 0.25) is 0 Å². The SMILES string of the molecule is O=C1CC[C@@H]2CN(C(=O)OCC3c4ccccc4-c4ccccc43)[C@H](C(=O)O)C[C@@H]2C1. The van der Waals surface area contributed by atoms with Crippen LogP contribution in [0.15, 0.2) is 48.5 Å². The Morgan fingerprint density at radius 1 is 1.00 bits per heavy atom. The van der Waals surface area contributed by atoms with Crippen molar-refractivity contribution in [2.45, 2.75) is 37.6 Å². The van der Waals surface area contributed by atoms with Gasteiger partial charge in [0.05, 0.1) is 0 Å². The van der Waals surface area contributed by atoms with Gasteiger partial charge in [-0.05, 0) is 46.9 Å². The Morgan fingerprint density at radius 2 is 1.65 bits per heavy atom. The van der Waals surface area contributed by atoms with Crippen LogP contribution in [0.4, 0.5) is 4.79 Å². The van der Waals surface area contributed by atoms with E-state index in [0.29, 0.717) is 32.2 Å². The summed E-state index contributed by atoms with van der Waals surface area (Å²) >= 11 is 0. The molecule has 6 heteroatoms. The van der Waals surface area contributed by atoms with E-state index in [9.17, 15) is 19.5 Å². The number of nitrogens with zero attached hydrogens (tertiary/aromatic N) is 1. The number of likely N-dealkylation sites (tertiary alicyclic amines) is 1. The molecule has 3 aliphatic rings. The lowest BCUT2D eigenvalue weighted by molar-refractivity contribution is -0.147. The van der Waals surface area contributed by atoms with Crippen molar-refractivity contribution < 1.29 is 24.2 Å². The molecule has 5 rings (SSSR count). The van der Waals surface area contributed by atoms with Gasteiger partial charge in [0.15, 0.2) is 0 Å². The van der Waals surface area contributed by atoms with Crippen molar-refractivity contribution in [3.8, 4) is 11.1 Å². The Hall–Kier alpha value is -3.15. The van der Waals surface area contributed by atoms with Gasteiger partial charge in [-0.3, -0.25) is 9.69 Å². The summed E-state index contributed by atoms with van der Waals surface area (Å²) in [7, 11) is 0. The minimum atomic E-state index is -1.04. The van der Waals surface area contributed by atoms with E-state index in [-0.39, 0.29) is 30.1 Å². The summed E-state index contributed by atoms with van der Waals surface area (Å²) in [4.78, 5) is 38.1. The number of ether oxygens (including phenoxy) is 1. The highest BCUT2D eigenvalue weighted by Gasteiger charge is 2.44. The summed E-state index contributed by atoms with van der Waals surface area (Å²) in [6.45, 7) is 0.508. The first kappa shape index (κ1) is 19.8. The minimum absolute atomic E-state index is 0.0417. The van der Waals surface area contributed by atoms with Gasteiger partial charge in [-0.1, -0.05) is 48.5 Å². The number of hydrogen-bond donors (Lipinski definition) is 1. The molecule has 1 N–H and O–H groups in total. The second kappa shape index (κ2) is 7.84. The molecule has 1 aliphatic heterocycles. The molecule has 0 radical (unpaired) electrons. The van der Waals surface area contributed by atoms with E-state index in [2.05, 4.69) is 24.3 Å². The van der Waals surface area contributed by atoms with E-state index in [4.69, 9.17) is 4.74 Å². The van der Waals surface area contributed by atoms with E-state index in [1.807, 2.05) is 24.3 Å². The second-order valence-corrected chi connectivity index (χ2v) is 8.85. The molecular formula is C25H25NO5. The minimum Gasteiger partial charge on any atom is -0.480 e. The van der Waals surface area contributed by atoms with Crippen LogP contribution in [0, 0.1) is 11.8 Å². The van der Waals surface area contributed by atoms with Crippen molar-refractivity contribution >= 4 is 17.8 Å². The molecule has 0 bridgehead atoms. The predicted octanol–water partition coefficient (Wildman–Crippen LogP) is 4.08. The maximum Gasteiger partial charge on any atom is 0.410 e. The first-order chi connectivity index (χ1) is 15.0. The monoisotopic (exact) mass is 419 g/mol. The van der Waals surface area contributed by atoms with Crippen LogP contribution in [0.3, 0.4) is 0 Å². The summed E-state index contributed by atoms with van der Waals surface area (Å²) in [6, 6.07) is 15.3. The fourth-order valence-electron chi connectivity index (χ4n) is 5.57. The van der Waals surface area contributed by atoms with E-state index in [1.54, 1.807) is 0 Å². The molecule has 1 heterocycles. The highest BCUT2D eigenvalue weighted by atomic mass is 16.6. The average Bonchev–Trinajstić information content (AvgIpc) is 3.10. The first-order valence-corrected chi connectivity index (χ1v) is 10.9. The van der Waals surface area contributed by atoms with E-state index >= 15 is 0 Å². The average molecular weight is 419 g/mol. The van der Waals surface area contributed by atoms with Crippen molar-refractivity contribution in [2.24, 2.45) is 11.8 Å². The summed E-state index contributed by atoms with van der Waals surface area (Å²) in [5.41, 5.74) is 4.54. The summed E-state index contributed by atoms with van der Waals surface area (Å²) in [5.74, 6) is -0.705. The molecule has 31 heavy (non-hydrogen) atoms. The number of carboxylic acid groups (broad SMARTS) is 1. The van der Waals surface area contributed by atoms with Crippen LogP contribution < -0.4 is 0 Å². The van der Waals surface area contributed by atoms with Gasteiger partial charge in [0, 0.05) is 25.3 Å². The second-order valence-electron chi connectivity index (χ2n) is 8.85. The van der Waals surface area contributed by atoms with Gasteiger partial charge in [-0.25, -0.2) is 9.59 Å². The normalized spacial score (nSPS) is 24.8. The number of hydrogen-bond acceptors (Lipinski definition) is 4. The molecule has 1 saturated heterocycles. The van der Waals surface area contributed by atoms with E-state index < -0.39 is 18.1 Å². The highest BCUT2D eigenvalue weighted by Crippen LogP contribution is 2.45. The largest absolute Gasteiger partial charge is 0.480 e. The molecule has 3 atom stereocenters. The summed E-state index contributed by atoms with van der Waals surface area (Å²) in [5, 5.41) is 9.72. The standard InChI is InChI=1S/C25H25NO5/c27-17-10-9-15-13-26(23(24(28)29)12-16(15)11-17)25(30)31-14-22-20-7-3-1-5-18(20)19-6-2-4-8-21(19)22/h1-8,15-16,22-23H,9-14H2,(H,28,29)/t15-,16+,23+/m1/s1. The fourth-order valence-corrected chi connectivity index (χ4v) is 5.57. The Morgan fingerprint density at radius 3 is 2.29 bits per heavy atom. The number of carbonyl (C=O) groups is 3. The number of Topliss-reactive ketones (excluding diaryl/α,β-unsaturated/α-hetero) is 1. The number of carbonyl (C=O) groups excluding carboxylic acids is 2. The third-order valence-corrected chi connectivity index (χ3v) is 7.14. The third-order valence-electron chi connectivity index (χ3n) is 7.14. The Kier molecular flexibility index (Phi) is 5.00. The molecule has 2 aliphatic carbocycles. The van der Waals surface area contributed by atoms with Gasteiger partial charge in [0.1, 0.15) is 18.4 Å². The van der Waals surface area contributed by atoms with Crippen molar-refractivity contribution in [1.29, 1.82) is 0 Å². The molecule has 160 valence electrons. The zero-order chi connectivity index (χ0) is 21.5. The molecule has 1 amide bonds. The van der Waals surface area contributed by atoms with Crippen LogP contribution >= 0.6 is 0 Å². The van der Waals surface area contributed by atoms with Gasteiger partial charge < -0.3 is 9.84 Å². The van der Waals surface area contributed by atoms with Crippen molar-refractivity contribution in [2.75, 3.05) is 13.2 Å². The molecule has 1 saturated carbocycles. The lowest BCUT2D eigenvalue weighted by Gasteiger charge is -2.43. The topological polar surface area (TPSA) is 83.9 Å². The molecule has 2 fully saturated rings. The molecule has 2 aromatic carbocycles. The van der Waals surface area contributed by atoms with Crippen molar-refractivity contribution in [3.63, 3.8) is 0 Å². The summed E-state index contributed by atoms with van der Waals surface area (Å²) in [6.07, 6.45) is 1.38. The molecule has 0 unspecified atom stereocenters. The zero-order valence-corrected chi connectivity index (χ0v) is 17.2. The van der Waals surface area contributed by atoms with Gasteiger partial charge in [-0.15, -0.1) is 0 Å². The Labute approximate surface area is 180 Å². The van der Waals surface area contributed by atoms with E-state index in [0.717, 1.165) is 22.3 Å². The molecule has 2 aromatic rings. The van der Waals surface area contributed by atoms with Crippen LogP contribution in [0.2, 0.25) is 0 Å². The summed E-state index contributed by atoms with van der Waals surface area (Å²) < 4.78 is 5.72. The zero-order valence-electron chi connectivity index (χ0n) is 17.2. The lowest BCUT2D eigenvalue weighted by atomic mass is 9.72. The van der Waals surface area contributed by atoms with Gasteiger partial charge >= 0.3 is 12.1 Å². The molecule has 6 nitrogen and oxygen atoms in total. The highest BCUT2D eigenvalue weighted by molar-refractivity contribution is 5.83. The van der Waals surface area contributed by atoms with Crippen LogP contribution in [0.25, 0.3) is 11.1 Å². The molecular weight excluding hydrogens is 394 g/mol. The number of piperidine rings is 1. The van der Waals surface area contributed by atoms with Crippen molar-refractivity contribution in [1.82, 2.24) is 4.90 Å². The molecule has 0 aromatic heterocycles. The van der Waals surface area contributed by atoms with Gasteiger partial charge in [-0.2, -0.15) is 0 Å². The Balaban J connectivity index is 1.33. The number of benzene rings is 2. The van der Waals surface area contributed by atoms with Crippen LogP contribution in [0.1, 0.15) is 42.7 Å². The van der Waals surface area contributed by atoms with Gasteiger partial charge in [0.25, 0.3) is 0 Å². The predicted molar refractivity (Wildman–Crippen MR) is 114 cm³/mol. The maximum absolute atomic E-state index is 13.0. The lowest BCUT2D eigenvalue weighted by Crippen LogP contribution is -2.54. The number of amides is 1. The smallest absolute Gasteiger partial charge is 0.410 e. The van der Waals surface area contributed by atoms with Crippen molar-refractivity contribution in [3.05, 3.63) is 59.7 Å². The Bertz CT molecular complexity index is 1000. The number of rotatable bonds is 3. The number of carboxylic acids is 1. The molecule has 0 spiro atoms. The quantitative estimate of drug-likeness (QED) is 0.810. The van der Waals surface area contributed by atoms with E-state index in [1.165, 1.54) is 4.90 Å². The maximum atomic E-state index is 13.0. The fraction of sp³-hybridized carbons (Fsp3) is 0.400. The third kappa shape index (κ3) is 3.50. The number of ketones is 1. The number of fused-ring (bicyclic) bond motifs is 4.